The molecule has 84 valence electrons. The number of methoxy groups -OCH3 is 1. The minimum Gasteiger partial charge on any atom is -0.481 e. The first-order valence-electron chi connectivity index (χ1n) is 4.93. The van der Waals surface area contributed by atoms with Crippen molar-refractivity contribution in [3.8, 4) is 5.88 Å². The second-order valence-electron chi connectivity index (χ2n) is 3.34. The normalized spacial score (nSPS) is 10.4. The zero-order valence-electron chi connectivity index (χ0n) is 9.00. The Kier molecular flexibility index (Phi) is 3.16. The molecule has 2 heterocycles. The largest absolute Gasteiger partial charge is 0.481 e. The summed E-state index contributed by atoms with van der Waals surface area (Å²) in [5.41, 5.74) is 1.04. The van der Waals surface area contributed by atoms with Gasteiger partial charge < -0.3 is 14.4 Å². The lowest BCUT2D eigenvalue weighted by molar-refractivity contribution is 0.266. The van der Waals surface area contributed by atoms with Crippen molar-refractivity contribution < 1.29 is 9.84 Å². The van der Waals surface area contributed by atoms with E-state index in [1.165, 1.54) is 0 Å². The summed E-state index contributed by atoms with van der Waals surface area (Å²) < 4.78 is 6.86. The van der Waals surface area contributed by atoms with Crippen molar-refractivity contribution in [2.24, 2.45) is 0 Å². The van der Waals surface area contributed by atoms with Crippen LogP contribution in [0.25, 0.3) is 0 Å². The van der Waals surface area contributed by atoms with E-state index in [2.05, 4.69) is 9.97 Å². The second-order valence-corrected chi connectivity index (χ2v) is 3.34. The fraction of sp³-hybridized carbons (Fsp3) is 0.273. The quantitative estimate of drug-likeness (QED) is 0.827. The molecule has 0 aliphatic carbocycles. The maximum atomic E-state index is 9.05. The predicted octanol–water partition coefficient (Wildman–Crippen LogP) is 0.827. The van der Waals surface area contributed by atoms with Crippen molar-refractivity contribution in [1.29, 1.82) is 0 Å². The fourth-order valence-electron chi connectivity index (χ4n) is 1.46. The number of aromatic nitrogens is 3. The van der Waals surface area contributed by atoms with E-state index in [1.807, 2.05) is 22.9 Å². The molecular formula is C11H13N3O2. The smallest absolute Gasteiger partial charge is 0.212 e. The average molecular weight is 219 g/mol. The van der Waals surface area contributed by atoms with Crippen LogP contribution in [0, 0.1) is 0 Å². The number of ether oxygens (including phenoxy) is 1. The first-order valence-corrected chi connectivity index (χ1v) is 4.93. The summed E-state index contributed by atoms with van der Waals surface area (Å²) in [6, 6.07) is 3.75. The molecule has 0 radical (unpaired) electrons. The Hall–Kier alpha value is -1.88. The lowest BCUT2D eigenvalue weighted by Gasteiger charge is -2.06. The SMILES string of the molecule is COc1ccc(Cn2ccnc2CO)cn1. The third-order valence-corrected chi connectivity index (χ3v) is 2.30. The number of hydrogen-bond acceptors (Lipinski definition) is 4. The molecule has 0 bridgehead atoms. The van der Waals surface area contributed by atoms with E-state index < -0.39 is 0 Å². The third-order valence-electron chi connectivity index (χ3n) is 2.30. The van der Waals surface area contributed by atoms with Crippen LogP contribution < -0.4 is 4.74 Å². The maximum Gasteiger partial charge on any atom is 0.212 e. The number of pyridine rings is 1. The van der Waals surface area contributed by atoms with Gasteiger partial charge in [0.1, 0.15) is 12.4 Å². The van der Waals surface area contributed by atoms with Crippen LogP contribution >= 0.6 is 0 Å². The van der Waals surface area contributed by atoms with Gasteiger partial charge in [-0.15, -0.1) is 0 Å². The first-order chi connectivity index (χ1) is 7.83. The monoisotopic (exact) mass is 219 g/mol. The van der Waals surface area contributed by atoms with E-state index in [0.29, 0.717) is 18.2 Å². The second kappa shape index (κ2) is 4.76. The van der Waals surface area contributed by atoms with E-state index in [-0.39, 0.29) is 6.61 Å². The van der Waals surface area contributed by atoms with Gasteiger partial charge >= 0.3 is 0 Å². The van der Waals surface area contributed by atoms with Gasteiger partial charge in [0, 0.05) is 24.7 Å². The van der Waals surface area contributed by atoms with Gasteiger partial charge in [-0.1, -0.05) is 6.07 Å². The Balaban J connectivity index is 2.14. The molecule has 1 N–H and O–H groups in total. The van der Waals surface area contributed by atoms with Gasteiger partial charge in [0.15, 0.2) is 0 Å². The van der Waals surface area contributed by atoms with Crippen molar-refractivity contribution in [2.45, 2.75) is 13.2 Å². The van der Waals surface area contributed by atoms with Crippen LogP contribution in [0.5, 0.6) is 5.88 Å². The molecule has 5 heteroatoms. The summed E-state index contributed by atoms with van der Waals surface area (Å²) in [5, 5.41) is 9.05. The molecule has 2 aromatic heterocycles. The van der Waals surface area contributed by atoms with Crippen molar-refractivity contribution in [3.63, 3.8) is 0 Å². The molecule has 0 amide bonds. The van der Waals surface area contributed by atoms with Gasteiger partial charge in [-0.2, -0.15) is 0 Å². The molecule has 0 saturated heterocycles. The summed E-state index contributed by atoms with van der Waals surface area (Å²) >= 11 is 0. The van der Waals surface area contributed by atoms with E-state index in [4.69, 9.17) is 9.84 Å². The molecular weight excluding hydrogens is 206 g/mol. The van der Waals surface area contributed by atoms with Crippen LogP contribution in [0.3, 0.4) is 0 Å². The summed E-state index contributed by atoms with van der Waals surface area (Å²) in [7, 11) is 1.59. The van der Waals surface area contributed by atoms with Gasteiger partial charge in [0.25, 0.3) is 0 Å². The summed E-state index contributed by atoms with van der Waals surface area (Å²) in [4.78, 5) is 8.15. The highest BCUT2D eigenvalue weighted by atomic mass is 16.5. The Morgan fingerprint density at radius 1 is 1.38 bits per heavy atom. The molecule has 2 rings (SSSR count). The highest BCUT2D eigenvalue weighted by Gasteiger charge is 2.02. The highest BCUT2D eigenvalue weighted by molar-refractivity contribution is 5.18. The average Bonchev–Trinajstić information content (AvgIpc) is 2.77. The van der Waals surface area contributed by atoms with Crippen LogP contribution in [0.15, 0.2) is 30.7 Å². The molecule has 0 atom stereocenters. The first kappa shape index (κ1) is 10.6. The Bertz CT molecular complexity index is 451. The maximum absolute atomic E-state index is 9.05. The van der Waals surface area contributed by atoms with Crippen molar-refractivity contribution in [3.05, 3.63) is 42.1 Å². The van der Waals surface area contributed by atoms with Crippen molar-refractivity contribution >= 4 is 0 Å². The van der Waals surface area contributed by atoms with Gasteiger partial charge in [-0.3, -0.25) is 0 Å². The van der Waals surface area contributed by atoms with Gasteiger partial charge in [0.2, 0.25) is 5.88 Å². The van der Waals surface area contributed by atoms with Crippen molar-refractivity contribution in [1.82, 2.24) is 14.5 Å². The topological polar surface area (TPSA) is 60.2 Å². The van der Waals surface area contributed by atoms with E-state index in [1.54, 1.807) is 19.5 Å². The molecule has 0 aromatic carbocycles. The molecule has 16 heavy (non-hydrogen) atoms. The fourth-order valence-corrected chi connectivity index (χ4v) is 1.46. The molecule has 2 aromatic rings. The molecule has 5 nitrogen and oxygen atoms in total. The van der Waals surface area contributed by atoms with E-state index >= 15 is 0 Å². The van der Waals surface area contributed by atoms with Gasteiger partial charge in [0.05, 0.1) is 13.7 Å². The minimum atomic E-state index is -0.0589. The highest BCUT2D eigenvalue weighted by Crippen LogP contribution is 2.09. The van der Waals surface area contributed by atoms with Crippen LogP contribution in [0.1, 0.15) is 11.4 Å². The number of aliphatic hydroxyl groups excluding tert-OH is 1. The number of rotatable bonds is 4. The molecule has 0 spiro atoms. The summed E-state index contributed by atoms with van der Waals surface area (Å²) in [6.45, 7) is 0.587. The Labute approximate surface area is 93.3 Å². The van der Waals surface area contributed by atoms with Crippen LogP contribution in [-0.2, 0) is 13.2 Å². The molecule has 0 unspecified atom stereocenters. The van der Waals surface area contributed by atoms with Gasteiger partial charge in [-0.05, 0) is 5.56 Å². The molecule has 0 aliphatic rings. The lowest BCUT2D eigenvalue weighted by Crippen LogP contribution is -2.04. The predicted molar refractivity (Wildman–Crippen MR) is 58.0 cm³/mol. The zero-order valence-corrected chi connectivity index (χ0v) is 9.00. The Morgan fingerprint density at radius 3 is 2.88 bits per heavy atom. The summed E-state index contributed by atoms with van der Waals surface area (Å²) in [6.07, 6.45) is 5.25. The number of aliphatic hydroxyl groups is 1. The number of imidazole rings is 1. The molecule has 0 saturated carbocycles. The Morgan fingerprint density at radius 2 is 2.25 bits per heavy atom. The van der Waals surface area contributed by atoms with E-state index in [0.717, 1.165) is 5.56 Å². The third kappa shape index (κ3) is 2.20. The molecule has 0 fully saturated rings. The number of nitrogens with zero attached hydrogens (tertiary/aromatic N) is 3. The standard InChI is InChI=1S/C11H13N3O2/c1-16-11-3-2-9(6-13-11)7-14-5-4-12-10(14)8-15/h2-6,15H,7-8H2,1H3. The minimum absolute atomic E-state index is 0.0589. The van der Waals surface area contributed by atoms with Gasteiger partial charge in [-0.25, -0.2) is 9.97 Å². The van der Waals surface area contributed by atoms with Crippen LogP contribution in [0.4, 0.5) is 0 Å². The van der Waals surface area contributed by atoms with E-state index in [9.17, 15) is 0 Å². The summed E-state index contributed by atoms with van der Waals surface area (Å²) in [5.74, 6) is 1.24. The zero-order chi connectivity index (χ0) is 11.4. The number of hydrogen-bond donors (Lipinski definition) is 1. The lowest BCUT2D eigenvalue weighted by atomic mass is 10.3. The van der Waals surface area contributed by atoms with Crippen molar-refractivity contribution in [2.75, 3.05) is 7.11 Å². The van der Waals surface area contributed by atoms with Crippen LogP contribution in [-0.4, -0.2) is 26.8 Å². The molecule has 0 aliphatic heterocycles. The van der Waals surface area contributed by atoms with Crippen LogP contribution in [0.2, 0.25) is 0 Å².